The molecule has 0 aromatic heterocycles. The molecule has 0 unspecified atom stereocenters. The van der Waals surface area contributed by atoms with E-state index in [0.717, 1.165) is 32.7 Å². The quantitative estimate of drug-likeness (QED) is 0.806. The lowest BCUT2D eigenvalue weighted by atomic mass is 10.1. The zero-order valence-electron chi connectivity index (χ0n) is 15.4. The standard InChI is InChI=1S/C20H26N4O2/c1-23-9-11-24(12-10-23)14-15-3-5-16(6-4-15)20(25)22-17-7-8-19(26-2)18(21)13-17/h3-8,13H,9-12,14,21H2,1-2H3,(H,22,25). The summed E-state index contributed by atoms with van der Waals surface area (Å²) < 4.78 is 5.13. The second-order valence-electron chi connectivity index (χ2n) is 6.69. The van der Waals surface area contributed by atoms with Crippen molar-refractivity contribution >= 4 is 17.3 Å². The molecule has 1 aliphatic rings. The van der Waals surface area contributed by atoms with Gasteiger partial charge in [0.15, 0.2) is 0 Å². The maximum atomic E-state index is 12.4. The molecule has 138 valence electrons. The van der Waals surface area contributed by atoms with Gasteiger partial charge in [0.05, 0.1) is 12.8 Å². The first kappa shape index (κ1) is 18.2. The SMILES string of the molecule is COc1ccc(NC(=O)c2ccc(CN3CCN(C)CC3)cc2)cc1N. The second-order valence-corrected chi connectivity index (χ2v) is 6.69. The second kappa shape index (κ2) is 8.21. The molecule has 6 heteroatoms. The molecule has 0 aliphatic carbocycles. The Hall–Kier alpha value is -2.57. The van der Waals surface area contributed by atoms with Gasteiger partial charge in [-0.2, -0.15) is 0 Å². The maximum Gasteiger partial charge on any atom is 0.255 e. The molecular formula is C20H26N4O2. The number of carbonyl (C=O) groups excluding carboxylic acids is 1. The Kier molecular flexibility index (Phi) is 5.75. The Balaban J connectivity index is 1.59. The number of likely N-dealkylation sites (N-methyl/N-ethyl adjacent to an activating group) is 1. The molecule has 0 bridgehead atoms. The highest BCUT2D eigenvalue weighted by molar-refractivity contribution is 6.04. The highest BCUT2D eigenvalue weighted by Crippen LogP contribution is 2.24. The molecule has 1 aliphatic heterocycles. The summed E-state index contributed by atoms with van der Waals surface area (Å²) in [5, 5.41) is 2.87. The Morgan fingerprint density at radius 1 is 1.12 bits per heavy atom. The van der Waals surface area contributed by atoms with E-state index in [0.29, 0.717) is 22.7 Å². The highest BCUT2D eigenvalue weighted by atomic mass is 16.5. The number of benzene rings is 2. The summed E-state index contributed by atoms with van der Waals surface area (Å²) in [7, 11) is 3.72. The van der Waals surface area contributed by atoms with Gasteiger partial charge >= 0.3 is 0 Å². The largest absolute Gasteiger partial charge is 0.495 e. The third-order valence-electron chi connectivity index (χ3n) is 4.71. The van der Waals surface area contributed by atoms with Crippen molar-refractivity contribution in [1.29, 1.82) is 0 Å². The zero-order valence-corrected chi connectivity index (χ0v) is 15.4. The van der Waals surface area contributed by atoms with Crippen LogP contribution in [0.2, 0.25) is 0 Å². The number of carbonyl (C=O) groups is 1. The Bertz CT molecular complexity index is 753. The van der Waals surface area contributed by atoms with E-state index in [2.05, 4.69) is 22.2 Å². The van der Waals surface area contributed by atoms with Gasteiger partial charge in [-0.05, 0) is 42.9 Å². The summed E-state index contributed by atoms with van der Waals surface area (Å²) in [6.45, 7) is 5.29. The predicted octanol–water partition coefficient (Wildman–Crippen LogP) is 2.28. The minimum atomic E-state index is -0.152. The fourth-order valence-corrected chi connectivity index (χ4v) is 3.04. The van der Waals surface area contributed by atoms with Gasteiger partial charge in [0.25, 0.3) is 5.91 Å². The number of ether oxygens (including phenoxy) is 1. The van der Waals surface area contributed by atoms with Crippen LogP contribution in [0.15, 0.2) is 42.5 Å². The molecule has 6 nitrogen and oxygen atoms in total. The number of methoxy groups -OCH3 is 1. The smallest absolute Gasteiger partial charge is 0.255 e. The summed E-state index contributed by atoms with van der Waals surface area (Å²) in [4.78, 5) is 17.2. The van der Waals surface area contributed by atoms with Crippen LogP contribution in [0.3, 0.4) is 0 Å². The number of amides is 1. The van der Waals surface area contributed by atoms with E-state index in [1.807, 2.05) is 24.3 Å². The highest BCUT2D eigenvalue weighted by Gasteiger charge is 2.14. The first-order valence-electron chi connectivity index (χ1n) is 8.80. The van der Waals surface area contributed by atoms with E-state index in [1.165, 1.54) is 5.56 Å². The number of rotatable bonds is 5. The van der Waals surface area contributed by atoms with Crippen LogP contribution in [0.25, 0.3) is 0 Å². The van der Waals surface area contributed by atoms with Crippen LogP contribution >= 0.6 is 0 Å². The summed E-state index contributed by atoms with van der Waals surface area (Å²) >= 11 is 0. The van der Waals surface area contributed by atoms with Gasteiger partial charge in [0, 0.05) is 44.0 Å². The number of piperazine rings is 1. The normalized spacial score (nSPS) is 15.6. The van der Waals surface area contributed by atoms with Crippen molar-refractivity contribution in [2.24, 2.45) is 0 Å². The van der Waals surface area contributed by atoms with Crippen LogP contribution < -0.4 is 15.8 Å². The van der Waals surface area contributed by atoms with Crippen LogP contribution in [0.4, 0.5) is 11.4 Å². The average Bonchev–Trinajstić information content (AvgIpc) is 2.64. The number of nitrogen functional groups attached to an aromatic ring is 1. The summed E-state index contributed by atoms with van der Waals surface area (Å²) in [5.41, 5.74) is 8.87. The predicted molar refractivity (Wildman–Crippen MR) is 105 cm³/mol. The Labute approximate surface area is 154 Å². The molecule has 0 radical (unpaired) electrons. The fourth-order valence-electron chi connectivity index (χ4n) is 3.04. The molecule has 1 amide bonds. The van der Waals surface area contributed by atoms with E-state index < -0.39 is 0 Å². The molecule has 3 rings (SSSR count). The maximum absolute atomic E-state index is 12.4. The zero-order chi connectivity index (χ0) is 18.5. The average molecular weight is 354 g/mol. The van der Waals surface area contributed by atoms with Crippen molar-refractivity contribution < 1.29 is 9.53 Å². The van der Waals surface area contributed by atoms with Gasteiger partial charge in [0.1, 0.15) is 5.75 Å². The molecule has 2 aromatic rings. The lowest BCUT2D eigenvalue weighted by molar-refractivity contribution is 0.102. The molecule has 2 aromatic carbocycles. The first-order valence-corrected chi connectivity index (χ1v) is 8.80. The van der Waals surface area contributed by atoms with Gasteiger partial charge in [-0.15, -0.1) is 0 Å². The molecule has 1 fully saturated rings. The number of anilines is 2. The molecular weight excluding hydrogens is 328 g/mol. The van der Waals surface area contributed by atoms with Gasteiger partial charge in [-0.3, -0.25) is 9.69 Å². The van der Waals surface area contributed by atoms with Crippen molar-refractivity contribution in [2.45, 2.75) is 6.54 Å². The number of nitrogens with two attached hydrogens (primary N) is 1. The van der Waals surface area contributed by atoms with Gasteiger partial charge < -0.3 is 20.7 Å². The topological polar surface area (TPSA) is 70.8 Å². The number of hydrogen-bond acceptors (Lipinski definition) is 5. The van der Waals surface area contributed by atoms with Gasteiger partial charge in [0.2, 0.25) is 0 Å². The number of hydrogen-bond donors (Lipinski definition) is 2. The Morgan fingerprint density at radius 3 is 2.42 bits per heavy atom. The third kappa shape index (κ3) is 4.53. The van der Waals surface area contributed by atoms with Crippen molar-refractivity contribution in [3.05, 3.63) is 53.6 Å². The number of nitrogens with one attached hydrogen (secondary N) is 1. The first-order chi connectivity index (χ1) is 12.5. The van der Waals surface area contributed by atoms with Crippen LogP contribution in [0.5, 0.6) is 5.75 Å². The van der Waals surface area contributed by atoms with Crippen molar-refractivity contribution in [3.63, 3.8) is 0 Å². The molecule has 1 heterocycles. The van der Waals surface area contributed by atoms with E-state index in [-0.39, 0.29) is 5.91 Å². The van der Waals surface area contributed by atoms with Gasteiger partial charge in [-0.25, -0.2) is 0 Å². The monoisotopic (exact) mass is 354 g/mol. The van der Waals surface area contributed by atoms with Crippen LogP contribution in [-0.4, -0.2) is 56.0 Å². The lowest BCUT2D eigenvalue weighted by Crippen LogP contribution is -2.43. The minimum Gasteiger partial charge on any atom is -0.495 e. The Morgan fingerprint density at radius 2 is 1.81 bits per heavy atom. The molecule has 0 saturated carbocycles. The van der Waals surface area contributed by atoms with Gasteiger partial charge in [-0.1, -0.05) is 12.1 Å². The molecule has 0 spiro atoms. The van der Waals surface area contributed by atoms with E-state index in [4.69, 9.17) is 10.5 Å². The summed E-state index contributed by atoms with van der Waals surface area (Å²) in [5.74, 6) is 0.442. The molecule has 26 heavy (non-hydrogen) atoms. The van der Waals surface area contributed by atoms with E-state index in [9.17, 15) is 4.79 Å². The van der Waals surface area contributed by atoms with Crippen LogP contribution in [0.1, 0.15) is 15.9 Å². The number of nitrogens with zero attached hydrogens (tertiary/aromatic N) is 2. The van der Waals surface area contributed by atoms with Crippen LogP contribution in [-0.2, 0) is 6.54 Å². The minimum absolute atomic E-state index is 0.152. The summed E-state index contributed by atoms with van der Waals surface area (Å²) in [6, 6.07) is 13.0. The fraction of sp³-hybridized carbons (Fsp3) is 0.350. The third-order valence-corrected chi connectivity index (χ3v) is 4.71. The lowest BCUT2D eigenvalue weighted by Gasteiger charge is -2.32. The summed E-state index contributed by atoms with van der Waals surface area (Å²) in [6.07, 6.45) is 0. The van der Waals surface area contributed by atoms with E-state index >= 15 is 0 Å². The molecule has 3 N–H and O–H groups in total. The molecule has 0 atom stereocenters. The van der Waals surface area contributed by atoms with Crippen molar-refractivity contribution in [1.82, 2.24) is 9.80 Å². The van der Waals surface area contributed by atoms with Crippen molar-refractivity contribution in [3.8, 4) is 5.75 Å². The van der Waals surface area contributed by atoms with E-state index in [1.54, 1.807) is 25.3 Å². The molecule has 1 saturated heterocycles. The van der Waals surface area contributed by atoms with Crippen LogP contribution in [0, 0.1) is 0 Å². The van der Waals surface area contributed by atoms with Crippen molar-refractivity contribution in [2.75, 3.05) is 51.4 Å².